The topological polar surface area (TPSA) is 71.5 Å². The lowest BCUT2D eigenvalue weighted by molar-refractivity contribution is 0.0690. The van der Waals surface area contributed by atoms with Crippen LogP contribution in [-0.2, 0) is 4.74 Å². The van der Waals surface area contributed by atoms with Gasteiger partial charge in [0.25, 0.3) is 0 Å². The van der Waals surface area contributed by atoms with Crippen molar-refractivity contribution in [2.45, 2.75) is 18.6 Å². The molecular weight excluding hydrogens is 306 g/mol. The molecule has 5 nitrogen and oxygen atoms in total. The lowest BCUT2D eigenvalue weighted by Gasteiger charge is -2.21. The molecule has 1 saturated heterocycles. The smallest absolute Gasteiger partial charge is 0.354 e. The fourth-order valence-electron chi connectivity index (χ4n) is 2.58. The predicted octanol–water partition coefficient (Wildman–Crippen LogP) is 3.00. The van der Waals surface area contributed by atoms with Gasteiger partial charge in [-0.2, -0.15) is 0 Å². The van der Waals surface area contributed by atoms with Gasteiger partial charge in [-0.25, -0.2) is 18.6 Å². The molecule has 23 heavy (non-hydrogen) atoms. The SMILES string of the molecule is O=C(O)c1cccc(NC2CCOC2c2ccc(F)c(F)c2)n1. The third-order valence-electron chi connectivity index (χ3n) is 3.67. The zero-order chi connectivity index (χ0) is 16.4. The van der Waals surface area contributed by atoms with Gasteiger partial charge in [0.2, 0.25) is 0 Å². The average Bonchev–Trinajstić information content (AvgIpc) is 2.98. The van der Waals surface area contributed by atoms with Crippen LogP contribution in [0.5, 0.6) is 0 Å². The van der Waals surface area contributed by atoms with Crippen LogP contribution in [-0.4, -0.2) is 28.7 Å². The molecule has 0 aliphatic carbocycles. The van der Waals surface area contributed by atoms with Crippen LogP contribution < -0.4 is 5.32 Å². The lowest BCUT2D eigenvalue weighted by Crippen LogP contribution is -2.24. The Bertz CT molecular complexity index is 739. The Morgan fingerprint density at radius 2 is 2.09 bits per heavy atom. The zero-order valence-electron chi connectivity index (χ0n) is 12.0. The molecule has 1 aromatic heterocycles. The number of hydrogen-bond acceptors (Lipinski definition) is 4. The van der Waals surface area contributed by atoms with Gasteiger partial charge in [0.05, 0.1) is 6.04 Å². The summed E-state index contributed by atoms with van der Waals surface area (Å²) in [4.78, 5) is 14.9. The number of nitrogens with one attached hydrogen (secondary N) is 1. The van der Waals surface area contributed by atoms with E-state index in [9.17, 15) is 13.6 Å². The summed E-state index contributed by atoms with van der Waals surface area (Å²) in [6, 6.07) is 8.06. The predicted molar refractivity (Wildman–Crippen MR) is 78.3 cm³/mol. The van der Waals surface area contributed by atoms with E-state index in [1.807, 2.05) is 0 Å². The number of carboxylic acid groups (broad SMARTS) is 1. The number of pyridine rings is 1. The van der Waals surface area contributed by atoms with Crippen LogP contribution >= 0.6 is 0 Å². The minimum absolute atomic E-state index is 0.0710. The van der Waals surface area contributed by atoms with Gasteiger partial charge in [-0.05, 0) is 36.2 Å². The summed E-state index contributed by atoms with van der Waals surface area (Å²) in [6.45, 7) is 0.458. The summed E-state index contributed by atoms with van der Waals surface area (Å²) < 4.78 is 32.1. The number of carbonyl (C=O) groups is 1. The molecule has 0 radical (unpaired) electrons. The van der Waals surface area contributed by atoms with Gasteiger partial charge in [0, 0.05) is 6.61 Å². The van der Waals surface area contributed by atoms with Crippen molar-refractivity contribution in [1.82, 2.24) is 4.98 Å². The number of carboxylic acids is 1. The van der Waals surface area contributed by atoms with Crippen LogP contribution in [0.25, 0.3) is 0 Å². The van der Waals surface area contributed by atoms with Crippen molar-refractivity contribution >= 4 is 11.8 Å². The van der Waals surface area contributed by atoms with Crippen molar-refractivity contribution in [2.24, 2.45) is 0 Å². The fraction of sp³-hybridized carbons (Fsp3) is 0.250. The number of nitrogens with zero attached hydrogens (tertiary/aromatic N) is 1. The molecular formula is C16H14F2N2O3. The van der Waals surface area contributed by atoms with Gasteiger partial charge >= 0.3 is 5.97 Å². The molecule has 1 aliphatic heterocycles. The van der Waals surface area contributed by atoms with E-state index < -0.39 is 23.7 Å². The minimum Gasteiger partial charge on any atom is -0.477 e. The number of anilines is 1. The molecule has 0 amide bonds. The number of ether oxygens (including phenoxy) is 1. The molecule has 1 aliphatic rings. The van der Waals surface area contributed by atoms with E-state index in [1.165, 1.54) is 12.1 Å². The lowest BCUT2D eigenvalue weighted by atomic mass is 10.0. The van der Waals surface area contributed by atoms with Gasteiger partial charge in [0.1, 0.15) is 11.9 Å². The Morgan fingerprint density at radius 3 is 2.83 bits per heavy atom. The molecule has 2 N–H and O–H groups in total. The summed E-state index contributed by atoms with van der Waals surface area (Å²) in [5.41, 5.74) is 0.451. The van der Waals surface area contributed by atoms with Crippen LogP contribution in [0, 0.1) is 11.6 Å². The molecule has 0 saturated carbocycles. The van der Waals surface area contributed by atoms with E-state index in [4.69, 9.17) is 9.84 Å². The van der Waals surface area contributed by atoms with Crippen molar-refractivity contribution in [1.29, 1.82) is 0 Å². The first-order valence-electron chi connectivity index (χ1n) is 7.08. The summed E-state index contributed by atoms with van der Waals surface area (Å²) in [5, 5.41) is 12.1. The second-order valence-corrected chi connectivity index (χ2v) is 5.22. The maximum absolute atomic E-state index is 13.4. The van der Waals surface area contributed by atoms with Crippen molar-refractivity contribution in [2.75, 3.05) is 11.9 Å². The number of benzene rings is 1. The third-order valence-corrected chi connectivity index (χ3v) is 3.67. The normalized spacial score (nSPS) is 20.4. The van der Waals surface area contributed by atoms with Gasteiger partial charge in [0.15, 0.2) is 17.3 Å². The Labute approximate surface area is 130 Å². The molecule has 0 spiro atoms. The van der Waals surface area contributed by atoms with E-state index in [-0.39, 0.29) is 11.7 Å². The van der Waals surface area contributed by atoms with E-state index in [1.54, 1.807) is 12.1 Å². The van der Waals surface area contributed by atoms with E-state index >= 15 is 0 Å². The quantitative estimate of drug-likeness (QED) is 0.906. The Hall–Kier alpha value is -2.54. The van der Waals surface area contributed by atoms with Crippen molar-refractivity contribution in [3.63, 3.8) is 0 Å². The molecule has 2 unspecified atom stereocenters. The molecule has 0 bridgehead atoms. The molecule has 2 heterocycles. The first-order chi connectivity index (χ1) is 11.0. The Balaban J connectivity index is 1.80. The number of hydrogen-bond donors (Lipinski definition) is 2. The summed E-state index contributed by atoms with van der Waals surface area (Å²) in [7, 11) is 0. The van der Waals surface area contributed by atoms with Crippen molar-refractivity contribution in [3.05, 3.63) is 59.3 Å². The Kier molecular flexibility index (Phi) is 4.20. The highest BCUT2D eigenvalue weighted by Gasteiger charge is 2.30. The first kappa shape index (κ1) is 15.4. The maximum atomic E-state index is 13.4. The van der Waals surface area contributed by atoms with E-state index in [0.717, 1.165) is 12.1 Å². The first-order valence-corrected chi connectivity index (χ1v) is 7.08. The second-order valence-electron chi connectivity index (χ2n) is 5.22. The molecule has 120 valence electrons. The van der Waals surface area contributed by atoms with Gasteiger partial charge in [-0.1, -0.05) is 12.1 Å². The number of aromatic nitrogens is 1. The number of halogens is 2. The molecule has 3 rings (SSSR count). The minimum atomic E-state index is -1.12. The van der Waals surface area contributed by atoms with E-state index in [0.29, 0.717) is 24.4 Å². The molecule has 1 aromatic carbocycles. The summed E-state index contributed by atoms with van der Waals surface area (Å²) >= 11 is 0. The number of aromatic carboxylic acids is 1. The van der Waals surface area contributed by atoms with Gasteiger partial charge < -0.3 is 15.2 Å². The number of rotatable bonds is 4. The molecule has 7 heteroatoms. The third kappa shape index (κ3) is 3.29. The van der Waals surface area contributed by atoms with Gasteiger partial charge in [-0.3, -0.25) is 0 Å². The highest BCUT2D eigenvalue weighted by Crippen LogP contribution is 2.31. The van der Waals surface area contributed by atoms with Crippen LogP contribution in [0.4, 0.5) is 14.6 Å². The van der Waals surface area contributed by atoms with E-state index in [2.05, 4.69) is 10.3 Å². The highest BCUT2D eigenvalue weighted by atomic mass is 19.2. The second kappa shape index (κ2) is 6.29. The largest absolute Gasteiger partial charge is 0.477 e. The standard InChI is InChI=1S/C16H14F2N2O3/c17-10-5-4-9(8-11(10)18)15-12(6-7-23-15)19-14-3-1-2-13(20-14)16(21)22/h1-5,8,12,15H,6-7H2,(H,19,20)(H,21,22). The fourth-order valence-corrected chi connectivity index (χ4v) is 2.58. The zero-order valence-corrected chi connectivity index (χ0v) is 12.0. The van der Waals surface area contributed by atoms with Crippen LogP contribution in [0.2, 0.25) is 0 Å². The summed E-state index contributed by atoms with van der Waals surface area (Å²) in [5.74, 6) is -2.56. The molecule has 1 fully saturated rings. The van der Waals surface area contributed by atoms with Crippen LogP contribution in [0.3, 0.4) is 0 Å². The van der Waals surface area contributed by atoms with Crippen molar-refractivity contribution in [3.8, 4) is 0 Å². The molecule has 2 atom stereocenters. The monoisotopic (exact) mass is 320 g/mol. The highest BCUT2D eigenvalue weighted by molar-refractivity contribution is 5.85. The maximum Gasteiger partial charge on any atom is 0.354 e. The Morgan fingerprint density at radius 1 is 1.26 bits per heavy atom. The average molecular weight is 320 g/mol. The molecule has 2 aromatic rings. The van der Waals surface area contributed by atoms with Crippen molar-refractivity contribution < 1.29 is 23.4 Å². The summed E-state index contributed by atoms with van der Waals surface area (Å²) in [6.07, 6.45) is 0.184. The van der Waals surface area contributed by atoms with Crippen LogP contribution in [0.15, 0.2) is 36.4 Å². The van der Waals surface area contributed by atoms with Crippen LogP contribution in [0.1, 0.15) is 28.6 Å². The van der Waals surface area contributed by atoms with Gasteiger partial charge in [-0.15, -0.1) is 0 Å².